The molecule has 0 radical (unpaired) electrons. The Morgan fingerprint density at radius 3 is 2.06 bits per heavy atom. The van der Waals surface area contributed by atoms with E-state index in [2.05, 4.69) is 5.32 Å². The lowest BCUT2D eigenvalue weighted by molar-refractivity contribution is -0.155. The van der Waals surface area contributed by atoms with Crippen molar-refractivity contribution in [3.8, 4) is 0 Å². The van der Waals surface area contributed by atoms with E-state index in [1.165, 1.54) is 0 Å². The van der Waals surface area contributed by atoms with E-state index >= 15 is 0 Å². The molecule has 0 bridgehead atoms. The van der Waals surface area contributed by atoms with Gasteiger partial charge in [-0.15, -0.1) is 0 Å². The van der Waals surface area contributed by atoms with Crippen LogP contribution in [0.5, 0.6) is 0 Å². The van der Waals surface area contributed by atoms with Crippen LogP contribution in [0.4, 0.5) is 0 Å². The average Bonchev–Trinajstić information content (AvgIpc) is 2.81. The lowest BCUT2D eigenvalue weighted by atomic mass is 10.1. The molecule has 0 spiro atoms. The Morgan fingerprint density at radius 2 is 1.47 bits per heavy atom. The van der Waals surface area contributed by atoms with Gasteiger partial charge in [0.2, 0.25) is 0 Å². The molecule has 32 heavy (non-hydrogen) atoms. The van der Waals surface area contributed by atoms with Crippen LogP contribution in [0.15, 0.2) is 77.6 Å². The second kappa shape index (κ2) is 9.06. The maximum atomic E-state index is 12.8. The summed E-state index contributed by atoms with van der Waals surface area (Å²) in [6.07, 6.45) is -0.940. The van der Waals surface area contributed by atoms with Gasteiger partial charge in [0.15, 0.2) is 11.5 Å². The van der Waals surface area contributed by atoms with E-state index in [0.717, 1.165) is 11.1 Å². The van der Waals surface area contributed by atoms with Gasteiger partial charge in [-0.3, -0.25) is 14.4 Å². The van der Waals surface area contributed by atoms with Crippen molar-refractivity contribution >= 4 is 33.7 Å². The van der Waals surface area contributed by atoms with Crippen molar-refractivity contribution in [1.29, 1.82) is 0 Å². The molecule has 0 aliphatic heterocycles. The lowest BCUT2D eigenvalue weighted by Crippen LogP contribution is -2.36. The summed E-state index contributed by atoms with van der Waals surface area (Å²) in [5.74, 6) is -0.921. The van der Waals surface area contributed by atoms with Crippen LogP contribution in [0.1, 0.15) is 18.1 Å². The van der Waals surface area contributed by atoms with E-state index in [1.807, 2.05) is 43.3 Å². The summed E-state index contributed by atoms with van der Waals surface area (Å²) in [4.78, 5) is 37.9. The summed E-state index contributed by atoms with van der Waals surface area (Å²) < 4.78 is 7.16. The average molecular weight is 428 g/mol. The number of pyridine rings is 1. The van der Waals surface area contributed by atoms with Crippen molar-refractivity contribution in [2.45, 2.75) is 33.0 Å². The molecule has 1 N–H and O–H groups in total. The van der Waals surface area contributed by atoms with Crippen molar-refractivity contribution < 1.29 is 14.3 Å². The van der Waals surface area contributed by atoms with Crippen LogP contribution in [-0.4, -0.2) is 22.5 Å². The number of fused-ring (bicyclic) bond motifs is 2. The molecule has 0 saturated carbocycles. The Kier molecular flexibility index (Phi) is 6.03. The molecule has 6 heteroatoms. The van der Waals surface area contributed by atoms with Crippen molar-refractivity contribution in [3.05, 3.63) is 94.1 Å². The van der Waals surface area contributed by atoms with Gasteiger partial charge in [-0.25, -0.2) is 0 Å². The van der Waals surface area contributed by atoms with Gasteiger partial charge in [-0.05, 0) is 43.7 Å². The van der Waals surface area contributed by atoms with Crippen molar-refractivity contribution in [3.63, 3.8) is 0 Å². The van der Waals surface area contributed by atoms with E-state index in [1.54, 1.807) is 47.9 Å². The van der Waals surface area contributed by atoms with Crippen molar-refractivity contribution in [2.24, 2.45) is 0 Å². The quantitative estimate of drug-likeness (QED) is 0.375. The first-order valence-electron chi connectivity index (χ1n) is 10.5. The fourth-order valence-electron chi connectivity index (χ4n) is 3.70. The van der Waals surface area contributed by atoms with Crippen LogP contribution >= 0.6 is 0 Å². The summed E-state index contributed by atoms with van der Waals surface area (Å²) in [6.45, 7) is 3.79. The number of carbonyl (C=O) groups excluding carboxylic acids is 2. The highest BCUT2D eigenvalue weighted by molar-refractivity contribution is 5.94. The van der Waals surface area contributed by atoms with Gasteiger partial charge in [0.1, 0.15) is 6.54 Å². The number of nitrogens with zero attached hydrogens (tertiary/aromatic N) is 1. The van der Waals surface area contributed by atoms with Crippen LogP contribution in [0.25, 0.3) is 21.8 Å². The summed E-state index contributed by atoms with van der Waals surface area (Å²) in [5.41, 5.74) is 3.32. The molecule has 0 aliphatic carbocycles. The molecule has 6 nitrogen and oxygen atoms in total. The molecule has 1 amide bonds. The molecule has 0 aliphatic rings. The third kappa shape index (κ3) is 4.39. The van der Waals surface area contributed by atoms with Crippen molar-refractivity contribution in [2.75, 3.05) is 0 Å². The predicted octanol–water partition coefficient (Wildman–Crippen LogP) is 3.71. The first-order chi connectivity index (χ1) is 15.4. The van der Waals surface area contributed by atoms with Gasteiger partial charge in [-0.2, -0.15) is 0 Å². The SMILES string of the molecule is Cc1ccc(CNC(=O)C(C)OC(=O)Cn2c3ccccc3c(=O)c3ccccc32)cc1. The molecule has 4 aromatic rings. The third-order valence-corrected chi connectivity index (χ3v) is 5.43. The standard InChI is InChI=1S/C26H24N2O4/c1-17-11-13-19(14-12-17)15-27-26(31)18(2)32-24(29)16-28-22-9-5-3-7-20(22)25(30)21-8-4-6-10-23(21)28/h3-14,18H,15-16H2,1-2H3,(H,27,31). The van der Waals surface area contributed by atoms with E-state index in [0.29, 0.717) is 28.4 Å². The molecule has 0 saturated heterocycles. The van der Waals surface area contributed by atoms with Gasteiger partial charge in [0.05, 0.1) is 11.0 Å². The maximum absolute atomic E-state index is 12.8. The fraction of sp³-hybridized carbons (Fsp3) is 0.192. The molecular weight excluding hydrogens is 404 g/mol. The Bertz CT molecular complexity index is 1300. The summed E-state index contributed by atoms with van der Waals surface area (Å²) in [7, 11) is 0. The zero-order chi connectivity index (χ0) is 22.7. The van der Waals surface area contributed by atoms with E-state index in [-0.39, 0.29) is 17.9 Å². The van der Waals surface area contributed by atoms with Crippen LogP contribution in [0.3, 0.4) is 0 Å². The Labute approximate surface area is 185 Å². The number of aromatic nitrogens is 1. The molecule has 1 unspecified atom stereocenters. The van der Waals surface area contributed by atoms with E-state index in [4.69, 9.17) is 4.74 Å². The number of ether oxygens (including phenoxy) is 1. The van der Waals surface area contributed by atoms with Gasteiger partial charge < -0.3 is 14.6 Å². The number of benzene rings is 3. The van der Waals surface area contributed by atoms with Crippen LogP contribution in [-0.2, 0) is 27.4 Å². The molecule has 162 valence electrons. The van der Waals surface area contributed by atoms with Crippen LogP contribution < -0.4 is 10.7 Å². The Morgan fingerprint density at radius 1 is 0.906 bits per heavy atom. The monoisotopic (exact) mass is 428 g/mol. The molecule has 1 aromatic heterocycles. The smallest absolute Gasteiger partial charge is 0.326 e. The number of nitrogens with one attached hydrogen (secondary N) is 1. The van der Waals surface area contributed by atoms with Gasteiger partial charge in [0.25, 0.3) is 5.91 Å². The lowest BCUT2D eigenvalue weighted by Gasteiger charge is -2.17. The second-order valence-corrected chi connectivity index (χ2v) is 7.79. The highest BCUT2D eigenvalue weighted by Gasteiger charge is 2.19. The molecule has 0 fully saturated rings. The Balaban J connectivity index is 1.50. The zero-order valence-corrected chi connectivity index (χ0v) is 18.0. The number of rotatable bonds is 6. The fourth-order valence-corrected chi connectivity index (χ4v) is 3.70. The highest BCUT2D eigenvalue weighted by atomic mass is 16.5. The summed E-state index contributed by atoms with van der Waals surface area (Å²) >= 11 is 0. The van der Waals surface area contributed by atoms with Gasteiger partial charge in [-0.1, -0.05) is 54.1 Å². The number of amides is 1. The number of carbonyl (C=O) groups is 2. The highest BCUT2D eigenvalue weighted by Crippen LogP contribution is 2.19. The molecular formula is C26H24N2O4. The van der Waals surface area contributed by atoms with Gasteiger partial charge >= 0.3 is 5.97 Å². The molecule has 1 atom stereocenters. The maximum Gasteiger partial charge on any atom is 0.326 e. The third-order valence-electron chi connectivity index (χ3n) is 5.43. The largest absolute Gasteiger partial charge is 0.451 e. The summed E-state index contributed by atoms with van der Waals surface area (Å²) in [5, 5.41) is 3.85. The van der Waals surface area contributed by atoms with Crippen LogP contribution in [0, 0.1) is 6.92 Å². The number of hydrogen-bond donors (Lipinski definition) is 1. The minimum absolute atomic E-state index is 0.0790. The molecule has 1 heterocycles. The van der Waals surface area contributed by atoms with Crippen LogP contribution in [0.2, 0.25) is 0 Å². The first-order valence-corrected chi connectivity index (χ1v) is 10.5. The zero-order valence-electron chi connectivity index (χ0n) is 18.0. The number of esters is 1. The number of aryl methyl sites for hydroxylation is 1. The number of para-hydroxylation sites is 2. The number of hydrogen-bond acceptors (Lipinski definition) is 4. The van der Waals surface area contributed by atoms with Gasteiger partial charge in [0, 0.05) is 17.3 Å². The topological polar surface area (TPSA) is 77.4 Å². The van der Waals surface area contributed by atoms with E-state index in [9.17, 15) is 14.4 Å². The molecule has 4 rings (SSSR count). The minimum Gasteiger partial charge on any atom is -0.451 e. The molecule has 3 aromatic carbocycles. The predicted molar refractivity (Wildman–Crippen MR) is 124 cm³/mol. The normalized spacial score (nSPS) is 11.9. The minimum atomic E-state index is -0.940. The Hall–Kier alpha value is -3.93. The van der Waals surface area contributed by atoms with Crippen molar-refractivity contribution in [1.82, 2.24) is 9.88 Å². The van der Waals surface area contributed by atoms with E-state index < -0.39 is 12.1 Å². The summed E-state index contributed by atoms with van der Waals surface area (Å²) in [6, 6.07) is 22.1. The second-order valence-electron chi connectivity index (χ2n) is 7.79. The first kappa shape index (κ1) is 21.3.